The average molecular weight is 259 g/mol. The third-order valence-electron chi connectivity index (χ3n) is 3.20. The average Bonchev–Trinajstić information content (AvgIpc) is 3.04. The zero-order valence-electron chi connectivity index (χ0n) is 9.51. The highest BCUT2D eigenvalue weighted by molar-refractivity contribution is 6.32. The van der Waals surface area contributed by atoms with Gasteiger partial charge in [0.15, 0.2) is 0 Å². The molecule has 0 spiro atoms. The van der Waals surface area contributed by atoms with Crippen molar-refractivity contribution in [2.45, 2.75) is 25.2 Å². The normalized spacial score (nSPS) is 16.7. The van der Waals surface area contributed by atoms with E-state index in [1.165, 1.54) is 13.2 Å². The number of carboxylic acid groups (broad SMARTS) is 1. The van der Waals surface area contributed by atoms with Crippen molar-refractivity contribution in [1.29, 1.82) is 0 Å². The molecule has 0 bridgehead atoms. The summed E-state index contributed by atoms with van der Waals surface area (Å²) in [5, 5.41) is 9.10. The van der Waals surface area contributed by atoms with E-state index in [4.69, 9.17) is 16.3 Å². The second kappa shape index (κ2) is 3.88. The van der Waals surface area contributed by atoms with E-state index < -0.39 is 17.2 Å². The monoisotopic (exact) mass is 258 g/mol. The fourth-order valence-corrected chi connectivity index (χ4v) is 2.44. The Hall–Kier alpha value is -1.29. The fourth-order valence-electron chi connectivity index (χ4n) is 2.12. The number of aryl methyl sites for hydroxylation is 1. The highest BCUT2D eigenvalue weighted by Gasteiger charge is 2.55. The first-order chi connectivity index (χ1) is 7.94. The number of methoxy groups -OCH3 is 1. The number of hydrogen-bond acceptors (Lipinski definition) is 2. The zero-order chi connectivity index (χ0) is 12.8. The number of halogens is 2. The topological polar surface area (TPSA) is 46.5 Å². The molecule has 1 aliphatic carbocycles. The number of aliphatic carboxylic acids is 1. The number of benzene rings is 1. The van der Waals surface area contributed by atoms with Gasteiger partial charge in [0.05, 0.1) is 17.5 Å². The quantitative estimate of drug-likeness (QED) is 0.907. The number of rotatable bonds is 3. The van der Waals surface area contributed by atoms with Crippen LogP contribution in [0.25, 0.3) is 0 Å². The Morgan fingerprint density at radius 1 is 1.59 bits per heavy atom. The smallest absolute Gasteiger partial charge is 0.314 e. The van der Waals surface area contributed by atoms with Crippen molar-refractivity contribution in [2.24, 2.45) is 0 Å². The van der Waals surface area contributed by atoms with Gasteiger partial charge in [-0.25, -0.2) is 4.39 Å². The lowest BCUT2D eigenvalue weighted by molar-refractivity contribution is -0.140. The van der Waals surface area contributed by atoms with E-state index in [0.717, 1.165) is 0 Å². The molecule has 1 aliphatic rings. The van der Waals surface area contributed by atoms with Gasteiger partial charge in [-0.05, 0) is 31.4 Å². The van der Waals surface area contributed by atoms with E-state index in [9.17, 15) is 14.3 Å². The molecular formula is C12H12ClFO3. The van der Waals surface area contributed by atoms with Crippen LogP contribution in [0.1, 0.15) is 24.0 Å². The van der Waals surface area contributed by atoms with Crippen molar-refractivity contribution in [2.75, 3.05) is 7.11 Å². The number of hydrogen-bond donors (Lipinski definition) is 1. The number of ether oxygens (including phenoxy) is 1. The van der Waals surface area contributed by atoms with Gasteiger partial charge in [0.1, 0.15) is 11.6 Å². The van der Waals surface area contributed by atoms with Crippen LogP contribution in [-0.2, 0) is 10.2 Å². The van der Waals surface area contributed by atoms with Gasteiger partial charge in [0, 0.05) is 5.56 Å². The predicted molar refractivity (Wildman–Crippen MR) is 61.2 cm³/mol. The van der Waals surface area contributed by atoms with Gasteiger partial charge in [-0.2, -0.15) is 0 Å². The third kappa shape index (κ3) is 1.67. The van der Waals surface area contributed by atoms with Crippen molar-refractivity contribution in [1.82, 2.24) is 0 Å². The Morgan fingerprint density at radius 2 is 2.18 bits per heavy atom. The highest BCUT2D eigenvalue weighted by atomic mass is 35.5. The molecule has 5 heteroatoms. The molecule has 2 rings (SSSR count). The van der Waals surface area contributed by atoms with Crippen LogP contribution < -0.4 is 4.74 Å². The van der Waals surface area contributed by atoms with Gasteiger partial charge >= 0.3 is 5.97 Å². The van der Waals surface area contributed by atoms with Gasteiger partial charge in [0.2, 0.25) is 0 Å². The molecule has 1 fully saturated rings. The van der Waals surface area contributed by atoms with Gasteiger partial charge in [0.25, 0.3) is 0 Å². The van der Waals surface area contributed by atoms with Crippen molar-refractivity contribution in [3.63, 3.8) is 0 Å². The molecule has 17 heavy (non-hydrogen) atoms. The van der Waals surface area contributed by atoms with Crippen LogP contribution in [0.3, 0.4) is 0 Å². The first kappa shape index (κ1) is 12.2. The van der Waals surface area contributed by atoms with Crippen LogP contribution in [-0.4, -0.2) is 18.2 Å². The molecule has 1 N–H and O–H groups in total. The second-order valence-electron chi connectivity index (χ2n) is 4.28. The Balaban J connectivity index is 2.71. The molecule has 0 aromatic heterocycles. The molecule has 0 atom stereocenters. The summed E-state index contributed by atoms with van der Waals surface area (Å²) in [4.78, 5) is 11.3. The van der Waals surface area contributed by atoms with Gasteiger partial charge < -0.3 is 9.84 Å². The van der Waals surface area contributed by atoms with E-state index in [-0.39, 0.29) is 10.6 Å². The van der Waals surface area contributed by atoms with Crippen LogP contribution >= 0.6 is 11.6 Å². The van der Waals surface area contributed by atoms with Crippen molar-refractivity contribution >= 4 is 17.6 Å². The van der Waals surface area contributed by atoms with E-state index in [2.05, 4.69) is 0 Å². The second-order valence-corrected chi connectivity index (χ2v) is 4.66. The Bertz CT molecular complexity index is 495. The lowest BCUT2D eigenvalue weighted by atomic mass is 9.93. The molecule has 92 valence electrons. The SMILES string of the molecule is COc1c(C)cc(F)c(Cl)c1C1(C(=O)O)CC1. The molecular weight excluding hydrogens is 247 g/mol. The van der Waals surface area contributed by atoms with E-state index in [1.54, 1.807) is 6.92 Å². The van der Waals surface area contributed by atoms with Crippen LogP contribution in [0, 0.1) is 12.7 Å². The molecule has 1 aromatic rings. The summed E-state index contributed by atoms with van der Waals surface area (Å²) in [6.45, 7) is 1.67. The first-order valence-corrected chi connectivity index (χ1v) is 5.58. The van der Waals surface area contributed by atoms with Crippen molar-refractivity contribution in [3.05, 3.63) is 28.0 Å². The highest BCUT2D eigenvalue weighted by Crippen LogP contribution is 2.55. The van der Waals surface area contributed by atoms with Crippen LogP contribution in [0.5, 0.6) is 5.75 Å². The Labute approximate surface area is 103 Å². The van der Waals surface area contributed by atoms with Gasteiger partial charge in [-0.15, -0.1) is 0 Å². The maximum atomic E-state index is 13.6. The van der Waals surface area contributed by atoms with Crippen LogP contribution in [0.15, 0.2) is 6.07 Å². The Kier molecular flexibility index (Phi) is 2.78. The molecule has 1 saturated carbocycles. The number of carbonyl (C=O) groups is 1. The molecule has 0 radical (unpaired) electrons. The maximum Gasteiger partial charge on any atom is 0.314 e. The minimum Gasteiger partial charge on any atom is -0.496 e. The van der Waals surface area contributed by atoms with E-state index in [1.807, 2.05) is 0 Å². The zero-order valence-corrected chi connectivity index (χ0v) is 10.3. The minimum atomic E-state index is -1.07. The van der Waals surface area contributed by atoms with Crippen LogP contribution in [0.4, 0.5) is 4.39 Å². The predicted octanol–water partition coefficient (Wildman–Crippen LogP) is 2.91. The molecule has 0 heterocycles. The minimum absolute atomic E-state index is 0.146. The van der Waals surface area contributed by atoms with E-state index >= 15 is 0 Å². The summed E-state index contributed by atoms with van der Waals surface area (Å²) in [7, 11) is 1.43. The Morgan fingerprint density at radius 3 is 2.59 bits per heavy atom. The number of carboxylic acids is 1. The third-order valence-corrected chi connectivity index (χ3v) is 3.57. The van der Waals surface area contributed by atoms with Crippen molar-refractivity contribution in [3.8, 4) is 5.75 Å². The van der Waals surface area contributed by atoms with Gasteiger partial charge in [-0.1, -0.05) is 11.6 Å². The lowest BCUT2D eigenvalue weighted by Gasteiger charge is -2.18. The first-order valence-electron chi connectivity index (χ1n) is 5.20. The maximum absolute atomic E-state index is 13.6. The van der Waals surface area contributed by atoms with Crippen LogP contribution in [0.2, 0.25) is 5.02 Å². The molecule has 1 aromatic carbocycles. The largest absolute Gasteiger partial charge is 0.496 e. The summed E-state index contributed by atoms with van der Waals surface area (Å²) in [6, 6.07) is 1.25. The molecule has 0 unspecified atom stereocenters. The van der Waals surface area contributed by atoms with Gasteiger partial charge in [-0.3, -0.25) is 4.79 Å². The molecule has 0 saturated heterocycles. The molecule has 0 amide bonds. The lowest BCUT2D eigenvalue weighted by Crippen LogP contribution is -2.21. The van der Waals surface area contributed by atoms with Crippen molar-refractivity contribution < 1.29 is 19.0 Å². The summed E-state index contributed by atoms with van der Waals surface area (Å²) in [5.41, 5.74) is -0.251. The summed E-state index contributed by atoms with van der Waals surface area (Å²) in [5.74, 6) is -1.22. The summed E-state index contributed by atoms with van der Waals surface area (Å²) >= 11 is 5.90. The fraction of sp³-hybridized carbons (Fsp3) is 0.417. The molecule has 3 nitrogen and oxygen atoms in total. The van der Waals surface area contributed by atoms with E-state index in [0.29, 0.717) is 24.2 Å². The standard InChI is InChI=1S/C12H12ClFO3/c1-6-5-7(14)9(13)8(10(6)17-2)12(3-4-12)11(15)16/h5H,3-4H2,1-2H3,(H,15,16). The summed E-state index contributed by atoms with van der Waals surface area (Å²) in [6.07, 6.45) is 0.919. The molecule has 0 aliphatic heterocycles. The summed E-state index contributed by atoms with van der Waals surface area (Å²) < 4.78 is 18.8.